The van der Waals surface area contributed by atoms with Gasteiger partial charge in [0.25, 0.3) is 0 Å². The SMILES string of the molecule is O=c1o[nH][n+](-c2cccnc2)[c]1[Hg][c]1c(=O)o[nH][n+]1-c1cccnc1. The maximum atomic E-state index is 12.2. The Labute approximate surface area is 151 Å². The van der Waals surface area contributed by atoms with Gasteiger partial charge in [0.2, 0.25) is 0 Å². The van der Waals surface area contributed by atoms with Crippen LogP contribution < -0.4 is 27.0 Å². The van der Waals surface area contributed by atoms with E-state index in [1.165, 1.54) is 9.36 Å². The topological polar surface area (TPSA) is 126 Å². The van der Waals surface area contributed by atoms with Crippen LogP contribution in [0.15, 0.2) is 67.7 Å². The van der Waals surface area contributed by atoms with E-state index >= 15 is 0 Å². The summed E-state index contributed by atoms with van der Waals surface area (Å²) >= 11 is -2.48. The molecule has 0 aliphatic rings. The summed E-state index contributed by atoms with van der Waals surface area (Å²) in [5.41, 5.74) is 0.306. The summed E-state index contributed by atoms with van der Waals surface area (Å²) in [6, 6.07) is 7.05. The van der Waals surface area contributed by atoms with E-state index in [0.29, 0.717) is 17.8 Å². The summed E-state index contributed by atoms with van der Waals surface area (Å²) in [7, 11) is 0. The molecule has 0 atom stereocenters. The van der Waals surface area contributed by atoms with Crippen LogP contribution >= 0.6 is 0 Å². The van der Waals surface area contributed by atoms with Crippen molar-refractivity contribution in [1.82, 2.24) is 20.5 Å². The first-order valence-electron chi connectivity index (χ1n) is 7.29. The van der Waals surface area contributed by atoms with E-state index in [1.807, 2.05) is 0 Å². The summed E-state index contributed by atoms with van der Waals surface area (Å²) < 4.78 is 13.8. The van der Waals surface area contributed by atoms with Crippen molar-refractivity contribution in [3.63, 3.8) is 0 Å². The van der Waals surface area contributed by atoms with Crippen LogP contribution in [-0.2, 0) is 24.6 Å². The van der Waals surface area contributed by atoms with Crippen LogP contribution in [-0.4, -0.2) is 20.5 Å². The van der Waals surface area contributed by atoms with Gasteiger partial charge in [-0.1, -0.05) is 0 Å². The van der Waals surface area contributed by atoms with Crippen LogP contribution in [0.3, 0.4) is 0 Å². The van der Waals surface area contributed by atoms with Crippen LogP contribution in [0, 0.1) is 0 Å². The van der Waals surface area contributed by atoms with E-state index in [0.717, 1.165) is 0 Å². The van der Waals surface area contributed by atoms with Crippen LogP contribution in [0.2, 0.25) is 0 Å². The van der Waals surface area contributed by atoms with Gasteiger partial charge in [-0.05, 0) is 0 Å². The number of H-pyrrole nitrogens is 2. The Hall–Kier alpha value is -2.88. The first kappa shape index (κ1) is 15.6. The van der Waals surface area contributed by atoms with Crippen LogP contribution in [0.1, 0.15) is 0 Å². The maximum absolute atomic E-state index is 12.2. The Kier molecular flexibility index (Phi) is 4.10. The zero-order valence-corrected chi connectivity index (χ0v) is 18.2. The third kappa shape index (κ3) is 2.95. The molecular weight excluding hydrogens is 517 g/mol. The molecule has 0 unspecified atom stereocenters. The molecule has 0 bridgehead atoms. The standard InChI is InChI=1S/2C7H5N3O2.Hg/c2*11-7-5-10(9-12-7)6-2-1-3-8-4-6;/h2*1-4,9H;/q2*+1;. The Morgan fingerprint density at radius 1 is 0.840 bits per heavy atom. The first-order chi connectivity index (χ1) is 12.2. The number of aromatic amines is 2. The third-order valence-corrected chi connectivity index (χ3v) is 10.9. The van der Waals surface area contributed by atoms with Gasteiger partial charge < -0.3 is 0 Å². The third-order valence-electron chi connectivity index (χ3n) is 3.61. The van der Waals surface area contributed by atoms with Crippen molar-refractivity contribution in [2.45, 2.75) is 0 Å². The molecule has 4 aromatic heterocycles. The Morgan fingerprint density at radius 3 is 1.72 bits per heavy atom. The van der Waals surface area contributed by atoms with Crippen molar-refractivity contribution in [3.05, 3.63) is 69.9 Å². The molecule has 0 aliphatic heterocycles. The second-order valence-corrected chi connectivity index (χ2v) is 11.7. The molecule has 25 heavy (non-hydrogen) atoms. The van der Waals surface area contributed by atoms with Gasteiger partial charge in [-0.3, -0.25) is 0 Å². The van der Waals surface area contributed by atoms with E-state index in [2.05, 4.69) is 20.5 Å². The van der Waals surface area contributed by atoms with Gasteiger partial charge in [-0.15, -0.1) is 0 Å². The van der Waals surface area contributed by atoms with Crippen molar-refractivity contribution in [3.8, 4) is 11.4 Å². The summed E-state index contributed by atoms with van der Waals surface area (Å²) in [6.45, 7) is 0. The molecule has 11 heteroatoms. The van der Waals surface area contributed by atoms with Gasteiger partial charge in [0.15, 0.2) is 0 Å². The molecule has 0 spiro atoms. The number of nitrogens with zero attached hydrogens (tertiary/aromatic N) is 4. The molecule has 4 heterocycles. The number of hydrogen-bond acceptors (Lipinski definition) is 6. The summed E-state index contributed by atoms with van der Waals surface area (Å²) in [4.78, 5) is 32.4. The summed E-state index contributed by atoms with van der Waals surface area (Å²) in [5, 5.41) is 5.12. The quantitative estimate of drug-likeness (QED) is 0.226. The van der Waals surface area contributed by atoms with Crippen LogP contribution in [0.25, 0.3) is 11.4 Å². The molecule has 0 amide bonds. The van der Waals surface area contributed by atoms with Gasteiger partial charge >= 0.3 is 151 Å². The van der Waals surface area contributed by atoms with E-state index in [1.54, 1.807) is 49.1 Å². The number of pyridine rings is 2. The van der Waals surface area contributed by atoms with Crippen molar-refractivity contribution in [2.75, 3.05) is 0 Å². The molecule has 0 saturated carbocycles. The fraction of sp³-hybridized carbons (Fsp3) is 0. The number of rotatable bonds is 4. The van der Waals surface area contributed by atoms with Crippen molar-refractivity contribution in [1.29, 1.82) is 0 Å². The zero-order valence-electron chi connectivity index (χ0n) is 12.7. The molecule has 4 aromatic rings. The van der Waals surface area contributed by atoms with Crippen molar-refractivity contribution >= 4 is 6.41 Å². The number of hydrogen-bond donors (Lipinski definition) is 2. The Morgan fingerprint density at radius 2 is 1.32 bits per heavy atom. The van der Waals surface area contributed by atoms with Gasteiger partial charge in [0.1, 0.15) is 0 Å². The predicted molar refractivity (Wildman–Crippen MR) is 76.6 cm³/mol. The molecule has 0 fully saturated rings. The Balaban J connectivity index is 1.81. The van der Waals surface area contributed by atoms with Crippen LogP contribution in [0.4, 0.5) is 0 Å². The first-order valence-corrected chi connectivity index (χ1v) is 12.8. The monoisotopic (exact) mass is 528 g/mol. The minimum atomic E-state index is -2.48. The second kappa shape index (κ2) is 6.55. The van der Waals surface area contributed by atoms with Gasteiger partial charge in [-0.25, -0.2) is 0 Å². The summed E-state index contributed by atoms with van der Waals surface area (Å²) in [6.07, 6.45) is 6.45. The van der Waals surface area contributed by atoms with Gasteiger partial charge in [0.05, 0.1) is 0 Å². The zero-order chi connectivity index (χ0) is 17.2. The van der Waals surface area contributed by atoms with E-state index in [-0.39, 0.29) is 0 Å². The second-order valence-electron chi connectivity index (χ2n) is 5.13. The van der Waals surface area contributed by atoms with Crippen molar-refractivity contribution < 1.29 is 43.0 Å². The summed E-state index contributed by atoms with van der Waals surface area (Å²) in [5.74, 6) is 0. The molecule has 10 nitrogen and oxygen atoms in total. The molecule has 2 N–H and O–H groups in total. The minimum absolute atomic E-state index is 0.442. The number of nitrogens with one attached hydrogen (secondary N) is 2. The van der Waals surface area contributed by atoms with Gasteiger partial charge in [-0.2, -0.15) is 0 Å². The molecule has 4 rings (SSSR count). The fourth-order valence-electron chi connectivity index (χ4n) is 2.43. The van der Waals surface area contributed by atoms with Crippen molar-refractivity contribution in [2.24, 2.45) is 0 Å². The number of aromatic nitrogens is 6. The van der Waals surface area contributed by atoms with Gasteiger partial charge in [0, 0.05) is 0 Å². The molecule has 0 radical (unpaired) electrons. The fourth-order valence-corrected chi connectivity index (χ4v) is 8.50. The molecule has 0 aromatic carbocycles. The average Bonchev–Trinajstić information content (AvgIpc) is 3.21. The predicted octanol–water partition coefficient (Wildman–Crippen LogP) is -2.37. The van der Waals surface area contributed by atoms with Crippen LogP contribution in [0.5, 0.6) is 0 Å². The van der Waals surface area contributed by atoms with E-state index in [4.69, 9.17) is 9.05 Å². The van der Waals surface area contributed by atoms with E-state index < -0.39 is 35.8 Å². The molecule has 0 aliphatic carbocycles. The molecule has 120 valence electrons. The average molecular weight is 527 g/mol. The normalized spacial score (nSPS) is 10.6. The van der Waals surface area contributed by atoms with E-state index in [9.17, 15) is 9.59 Å². The molecular formula is C14H10HgN6O4+2. The Bertz CT molecular complexity index is 1030. The molecule has 0 saturated heterocycles.